The molecule has 1 saturated carbocycles. The SMILES string of the molecule is CC1(C)CCC(C=O)(C[Si](C)(C)C)CC1. The summed E-state index contributed by atoms with van der Waals surface area (Å²) < 4.78 is 0. The van der Waals surface area contributed by atoms with Gasteiger partial charge in [-0.3, -0.25) is 0 Å². The normalized spacial score (nSPS) is 24.9. The van der Waals surface area contributed by atoms with Crippen LogP contribution in [0.5, 0.6) is 0 Å². The third-order valence-corrected chi connectivity index (χ3v) is 5.50. The molecule has 1 nitrogen and oxygen atoms in total. The molecule has 0 atom stereocenters. The standard InChI is InChI=1S/C13H26OSi/c1-12(2)6-8-13(10-14,9-7-12)11-15(3,4)5/h10H,6-9,11H2,1-5H3. The monoisotopic (exact) mass is 226 g/mol. The summed E-state index contributed by atoms with van der Waals surface area (Å²) in [5.74, 6) is 0. The molecule has 0 heterocycles. The summed E-state index contributed by atoms with van der Waals surface area (Å²) in [4.78, 5) is 11.4. The minimum Gasteiger partial charge on any atom is -0.303 e. The zero-order chi connectivity index (χ0) is 11.7. The van der Waals surface area contributed by atoms with Gasteiger partial charge in [-0.05, 0) is 37.1 Å². The fraction of sp³-hybridized carbons (Fsp3) is 0.923. The van der Waals surface area contributed by atoms with Crippen molar-refractivity contribution < 1.29 is 4.79 Å². The van der Waals surface area contributed by atoms with Gasteiger partial charge in [0, 0.05) is 13.5 Å². The molecule has 0 bridgehead atoms. The molecular formula is C13H26OSi. The zero-order valence-electron chi connectivity index (χ0n) is 11.0. The lowest BCUT2D eigenvalue weighted by Crippen LogP contribution is -2.38. The van der Waals surface area contributed by atoms with Crippen LogP contribution < -0.4 is 0 Å². The fourth-order valence-electron chi connectivity index (χ4n) is 2.82. The second-order valence-electron chi connectivity index (χ2n) is 7.38. The number of hydrogen-bond acceptors (Lipinski definition) is 1. The van der Waals surface area contributed by atoms with Crippen molar-refractivity contribution in [2.24, 2.45) is 10.8 Å². The van der Waals surface area contributed by atoms with E-state index >= 15 is 0 Å². The van der Waals surface area contributed by atoms with Crippen LogP contribution in [0.1, 0.15) is 39.5 Å². The molecule has 0 aromatic rings. The van der Waals surface area contributed by atoms with Crippen molar-refractivity contribution in [2.75, 3.05) is 0 Å². The molecule has 0 radical (unpaired) electrons. The molecule has 1 aliphatic rings. The number of aldehydes is 1. The van der Waals surface area contributed by atoms with E-state index in [2.05, 4.69) is 33.5 Å². The van der Waals surface area contributed by atoms with E-state index in [4.69, 9.17) is 0 Å². The Morgan fingerprint density at radius 3 is 1.87 bits per heavy atom. The highest BCUT2D eigenvalue weighted by Gasteiger charge is 2.40. The molecule has 0 aromatic heterocycles. The second-order valence-corrected chi connectivity index (χ2v) is 12.9. The maximum atomic E-state index is 11.4. The Morgan fingerprint density at radius 2 is 1.53 bits per heavy atom. The molecule has 0 aromatic carbocycles. The molecule has 0 aliphatic heterocycles. The number of carbonyl (C=O) groups excluding carboxylic acids is 1. The summed E-state index contributed by atoms with van der Waals surface area (Å²) in [6.07, 6.45) is 5.95. The molecule has 0 spiro atoms. The molecule has 0 amide bonds. The van der Waals surface area contributed by atoms with Crippen LogP contribution in [0.3, 0.4) is 0 Å². The van der Waals surface area contributed by atoms with Gasteiger partial charge in [0.25, 0.3) is 0 Å². The van der Waals surface area contributed by atoms with Crippen LogP contribution in [0.2, 0.25) is 25.7 Å². The van der Waals surface area contributed by atoms with Crippen molar-refractivity contribution in [3.8, 4) is 0 Å². The topological polar surface area (TPSA) is 17.1 Å². The Kier molecular flexibility index (Phi) is 3.49. The van der Waals surface area contributed by atoms with E-state index < -0.39 is 8.07 Å². The van der Waals surface area contributed by atoms with Crippen molar-refractivity contribution in [1.82, 2.24) is 0 Å². The molecule has 2 heteroatoms. The molecular weight excluding hydrogens is 200 g/mol. The van der Waals surface area contributed by atoms with Gasteiger partial charge in [-0.1, -0.05) is 33.5 Å². The minimum atomic E-state index is -1.12. The predicted molar refractivity (Wildman–Crippen MR) is 68.9 cm³/mol. The predicted octanol–water partition coefficient (Wildman–Crippen LogP) is 4.11. The lowest BCUT2D eigenvalue weighted by Gasteiger charge is -2.42. The molecule has 1 rings (SSSR count). The molecule has 88 valence electrons. The van der Waals surface area contributed by atoms with Gasteiger partial charge in [-0.25, -0.2) is 0 Å². The van der Waals surface area contributed by atoms with Gasteiger partial charge in [0.05, 0.1) is 0 Å². The van der Waals surface area contributed by atoms with Crippen LogP contribution in [0.4, 0.5) is 0 Å². The van der Waals surface area contributed by atoms with E-state index in [1.54, 1.807) is 0 Å². The lowest BCUT2D eigenvalue weighted by molar-refractivity contribution is -0.118. The molecule has 0 N–H and O–H groups in total. The highest BCUT2D eigenvalue weighted by Crippen LogP contribution is 2.47. The van der Waals surface area contributed by atoms with E-state index in [1.165, 1.54) is 25.2 Å². The second kappa shape index (κ2) is 4.04. The maximum Gasteiger partial charge on any atom is 0.125 e. The van der Waals surface area contributed by atoms with Gasteiger partial charge in [-0.2, -0.15) is 0 Å². The van der Waals surface area contributed by atoms with Gasteiger partial charge in [-0.15, -0.1) is 0 Å². The Bertz CT molecular complexity index is 227. The summed E-state index contributed by atoms with van der Waals surface area (Å²) >= 11 is 0. The first-order chi connectivity index (χ1) is 6.68. The summed E-state index contributed by atoms with van der Waals surface area (Å²) in [6, 6.07) is 1.18. The van der Waals surface area contributed by atoms with E-state index in [-0.39, 0.29) is 5.41 Å². The minimum absolute atomic E-state index is 0.0417. The van der Waals surface area contributed by atoms with Crippen LogP contribution in [0.15, 0.2) is 0 Å². The first-order valence-electron chi connectivity index (χ1n) is 6.15. The van der Waals surface area contributed by atoms with Crippen molar-refractivity contribution in [2.45, 2.75) is 65.2 Å². The van der Waals surface area contributed by atoms with Gasteiger partial charge in [0.2, 0.25) is 0 Å². The number of hydrogen-bond donors (Lipinski definition) is 0. The van der Waals surface area contributed by atoms with Crippen LogP contribution in [0.25, 0.3) is 0 Å². The van der Waals surface area contributed by atoms with E-state index in [1.807, 2.05) is 0 Å². The third-order valence-electron chi connectivity index (χ3n) is 3.73. The third kappa shape index (κ3) is 3.75. The van der Waals surface area contributed by atoms with Gasteiger partial charge in [0.1, 0.15) is 6.29 Å². The quantitative estimate of drug-likeness (QED) is 0.523. The lowest BCUT2D eigenvalue weighted by atomic mass is 9.66. The van der Waals surface area contributed by atoms with E-state index in [9.17, 15) is 4.79 Å². The zero-order valence-corrected chi connectivity index (χ0v) is 12.0. The molecule has 15 heavy (non-hydrogen) atoms. The summed E-state index contributed by atoms with van der Waals surface area (Å²) in [5, 5.41) is 0. The highest BCUT2D eigenvalue weighted by molar-refractivity contribution is 6.76. The summed E-state index contributed by atoms with van der Waals surface area (Å²) in [5.41, 5.74) is 0.506. The first kappa shape index (κ1) is 13.0. The van der Waals surface area contributed by atoms with Gasteiger partial charge < -0.3 is 4.79 Å². The average molecular weight is 226 g/mol. The van der Waals surface area contributed by atoms with E-state index in [0.717, 1.165) is 12.8 Å². The maximum absolute atomic E-state index is 11.4. The Hall–Kier alpha value is -0.113. The average Bonchev–Trinajstić information content (AvgIpc) is 2.07. The smallest absolute Gasteiger partial charge is 0.125 e. The fourth-order valence-corrected chi connectivity index (χ4v) is 5.37. The summed E-state index contributed by atoms with van der Waals surface area (Å²) in [7, 11) is -1.12. The van der Waals surface area contributed by atoms with Crippen molar-refractivity contribution >= 4 is 14.4 Å². The van der Waals surface area contributed by atoms with E-state index in [0.29, 0.717) is 5.41 Å². The Labute approximate surface area is 95.7 Å². The molecule has 1 aliphatic carbocycles. The summed E-state index contributed by atoms with van der Waals surface area (Å²) in [6.45, 7) is 11.8. The number of carbonyl (C=O) groups is 1. The van der Waals surface area contributed by atoms with Gasteiger partial charge >= 0.3 is 0 Å². The van der Waals surface area contributed by atoms with Crippen molar-refractivity contribution in [3.63, 3.8) is 0 Å². The van der Waals surface area contributed by atoms with Crippen LogP contribution in [-0.4, -0.2) is 14.4 Å². The van der Waals surface area contributed by atoms with Crippen LogP contribution >= 0.6 is 0 Å². The van der Waals surface area contributed by atoms with Crippen LogP contribution in [-0.2, 0) is 4.79 Å². The van der Waals surface area contributed by atoms with Crippen molar-refractivity contribution in [1.29, 1.82) is 0 Å². The van der Waals surface area contributed by atoms with Gasteiger partial charge in [0.15, 0.2) is 0 Å². The first-order valence-corrected chi connectivity index (χ1v) is 9.85. The molecule has 0 unspecified atom stereocenters. The highest BCUT2D eigenvalue weighted by atomic mass is 28.3. The van der Waals surface area contributed by atoms with Crippen molar-refractivity contribution in [3.05, 3.63) is 0 Å². The molecule has 0 saturated heterocycles. The largest absolute Gasteiger partial charge is 0.303 e. The Balaban J connectivity index is 2.69. The molecule has 1 fully saturated rings. The Morgan fingerprint density at radius 1 is 1.07 bits per heavy atom. The van der Waals surface area contributed by atoms with Crippen LogP contribution in [0, 0.1) is 10.8 Å². The number of rotatable bonds is 3.